The van der Waals surface area contributed by atoms with Crippen LogP contribution in [-0.2, 0) is 9.53 Å². The largest absolute Gasteiger partial charge is 0.444 e. The van der Waals surface area contributed by atoms with Crippen LogP contribution in [0.3, 0.4) is 0 Å². The third-order valence-corrected chi connectivity index (χ3v) is 2.46. The highest BCUT2D eigenvalue weighted by Crippen LogP contribution is 2.19. The molecule has 1 atom stereocenters. The number of piperidine rings is 1. The lowest BCUT2D eigenvalue weighted by Crippen LogP contribution is -2.51. The van der Waals surface area contributed by atoms with Gasteiger partial charge in [-0.3, -0.25) is 9.69 Å². The van der Waals surface area contributed by atoms with Crippen LogP contribution in [0.4, 0.5) is 4.79 Å². The Morgan fingerprint density at radius 3 is 2.22 bits per heavy atom. The monoisotopic (exact) mass is 258 g/mol. The lowest BCUT2D eigenvalue weighted by Gasteiger charge is -2.34. The molecule has 0 aromatic carbocycles. The summed E-state index contributed by atoms with van der Waals surface area (Å²) in [7, 11) is 0. The Kier molecular flexibility index (Phi) is 6.73. The molecule has 1 fully saturated rings. The first-order valence-corrected chi connectivity index (χ1v) is 6.60. The summed E-state index contributed by atoms with van der Waals surface area (Å²) in [5, 5.41) is 0. The number of primary amides is 1. The van der Waals surface area contributed by atoms with Crippen LogP contribution in [0.5, 0.6) is 0 Å². The highest BCUT2D eigenvalue weighted by atomic mass is 16.6. The number of nitrogens with two attached hydrogens (primary N) is 1. The summed E-state index contributed by atoms with van der Waals surface area (Å²) in [6, 6.07) is -0.511. The molecule has 0 aromatic rings. The quantitative estimate of drug-likeness (QED) is 0.784. The summed E-state index contributed by atoms with van der Waals surface area (Å²) in [5.41, 5.74) is 4.73. The van der Waals surface area contributed by atoms with Crippen molar-refractivity contribution in [1.82, 2.24) is 4.90 Å². The Hall–Kier alpha value is -1.26. The fraction of sp³-hybridized carbons (Fsp3) is 0.846. The van der Waals surface area contributed by atoms with Crippen molar-refractivity contribution in [2.45, 2.75) is 65.5 Å². The van der Waals surface area contributed by atoms with Crippen molar-refractivity contribution in [3.63, 3.8) is 0 Å². The van der Waals surface area contributed by atoms with Crippen LogP contribution in [0.1, 0.15) is 53.9 Å². The van der Waals surface area contributed by atoms with Crippen LogP contribution in [0, 0.1) is 0 Å². The molecule has 1 rings (SSSR count). The normalized spacial score (nSPS) is 19.6. The Morgan fingerprint density at radius 1 is 1.22 bits per heavy atom. The van der Waals surface area contributed by atoms with Crippen molar-refractivity contribution in [3.8, 4) is 0 Å². The summed E-state index contributed by atoms with van der Waals surface area (Å²) < 4.78 is 5.24. The van der Waals surface area contributed by atoms with Gasteiger partial charge in [0.15, 0.2) is 0 Å². The van der Waals surface area contributed by atoms with E-state index in [2.05, 4.69) is 0 Å². The van der Waals surface area contributed by atoms with Crippen molar-refractivity contribution in [1.29, 1.82) is 0 Å². The maximum absolute atomic E-state index is 11.8. The molecule has 5 nitrogen and oxygen atoms in total. The molecule has 0 bridgehead atoms. The van der Waals surface area contributed by atoms with Crippen LogP contribution in [-0.4, -0.2) is 35.1 Å². The van der Waals surface area contributed by atoms with Gasteiger partial charge in [0, 0.05) is 6.54 Å². The minimum Gasteiger partial charge on any atom is -0.444 e. The first kappa shape index (κ1) is 16.7. The predicted octanol–water partition coefficient (Wildman–Crippen LogP) is 2.29. The van der Waals surface area contributed by atoms with Gasteiger partial charge in [-0.15, -0.1) is 0 Å². The van der Waals surface area contributed by atoms with E-state index in [0.29, 0.717) is 13.0 Å². The summed E-state index contributed by atoms with van der Waals surface area (Å²) >= 11 is 0. The second-order valence-electron chi connectivity index (χ2n) is 5.09. The van der Waals surface area contributed by atoms with Gasteiger partial charge in [0.1, 0.15) is 11.6 Å². The third-order valence-electron chi connectivity index (χ3n) is 2.46. The Bertz CT molecular complexity index is 284. The molecule has 1 aliphatic heterocycles. The van der Waals surface area contributed by atoms with E-state index < -0.39 is 23.6 Å². The van der Waals surface area contributed by atoms with E-state index >= 15 is 0 Å². The van der Waals surface area contributed by atoms with E-state index in [1.54, 1.807) is 20.8 Å². The fourth-order valence-corrected chi connectivity index (χ4v) is 1.77. The molecule has 5 heteroatoms. The zero-order valence-corrected chi connectivity index (χ0v) is 12.2. The number of likely N-dealkylation sites (tertiary alicyclic amines) is 1. The summed E-state index contributed by atoms with van der Waals surface area (Å²) in [5.74, 6) is -0.453. The molecular weight excluding hydrogens is 232 g/mol. The van der Waals surface area contributed by atoms with Crippen LogP contribution in [0.25, 0.3) is 0 Å². The van der Waals surface area contributed by atoms with Gasteiger partial charge in [0.05, 0.1) is 0 Å². The fourth-order valence-electron chi connectivity index (χ4n) is 1.77. The SMILES string of the molecule is CC.CC(C)(C)OC(=O)N1CCCCC1C(N)=O. The van der Waals surface area contributed by atoms with Crippen molar-refractivity contribution >= 4 is 12.0 Å². The van der Waals surface area contributed by atoms with E-state index in [1.165, 1.54) is 4.90 Å². The van der Waals surface area contributed by atoms with Crippen LogP contribution in [0.15, 0.2) is 0 Å². The average molecular weight is 258 g/mol. The first-order chi connectivity index (χ1) is 8.31. The van der Waals surface area contributed by atoms with E-state index in [4.69, 9.17) is 10.5 Å². The van der Waals surface area contributed by atoms with Gasteiger partial charge in [-0.1, -0.05) is 13.8 Å². The van der Waals surface area contributed by atoms with Gasteiger partial charge >= 0.3 is 6.09 Å². The molecule has 1 heterocycles. The molecule has 0 aromatic heterocycles. The lowest BCUT2D eigenvalue weighted by atomic mass is 10.0. The molecule has 1 unspecified atom stereocenters. The predicted molar refractivity (Wildman–Crippen MR) is 71.1 cm³/mol. The number of ether oxygens (including phenoxy) is 1. The molecular formula is C13H26N2O3. The van der Waals surface area contributed by atoms with Gasteiger partial charge in [-0.25, -0.2) is 4.79 Å². The van der Waals surface area contributed by atoms with Crippen LogP contribution >= 0.6 is 0 Å². The van der Waals surface area contributed by atoms with Gasteiger partial charge in [-0.2, -0.15) is 0 Å². The molecule has 0 aliphatic carbocycles. The maximum Gasteiger partial charge on any atom is 0.410 e. The van der Waals surface area contributed by atoms with Crippen molar-refractivity contribution in [2.24, 2.45) is 5.73 Å². The molecule has 18 heavy (non-hydrogen) atoms. The van der Waals surface area contributed by atoms with E-state index in [1.807, 2.05) is 13.8 Å². The highest BCUT2D eigenvalue weighted by molar-refractivity contribution is 5.84. The number of amides is 2. The Labute approximate surface area is 110 Å². The number of carbonyl (C=O) groups is 2. The summed E-state index contributed by atoms with van der Waals surface area (Å²) in [6.07, 6.45) is 2.00. The van der Waals surface area contributed by atoms with Crippen molar-refractivity contribution in [3.05, 3.63) is 0 Å². The van der Waals surface area contributed by atoms with Crippen LogP contribution in [0.2, 0.25) is 0 Å². The average Bonchev–Trinajstić information content (AvgIpc) is 2.29. The highest BCUT2D eigenvalue weighted by Gasteiger charge is 2.33. The molecule has 106 valence electrons. The number of rotatable bonds is 1. The molecule has 1 aliphatic rings. The van der Waals surface area contributed by atoms with Crippen LogP contribution < -0.4 is 5.73 Å². The zero-order chi connectivity index (χ0) is 14.3. The Morgan fingerprint density at radius 2 is 1.78 bits per heavy atom. The van der Waals surface area contributed by atoms with Crippen molar-refractivity contribution in [2.75, 3.05) is 6.54 Å². The van der Waals surface area contributed by atoms with Gasteiger partial charge < -0.3 is 10.5 Å². The van der Waals surface area contributed by atoms with Gasteiger partial charge in [0.2, 0.25) is 5.91 Å². The summed E-state index contributed by atoms with van der Waals surface area (Å²) in [4.78, 5) is 24.5. The first-order valence-electron chi connectivity index (χ1n) is 6.60. The smallest absolute Gasteiger partial charge is 0.410 e. The standard InChI is InChI=1S/C11H20N2O3.C2H6/c1-11(2,3)16-10(15)13-7-5-4-6-8(13)9(12)14;1-2/h8H,4-7H2,1-3H3,(H2,12,14);1-2H3. The van der Waals surface area contributed by atoms with E-state index in [-0.39, 0.29) is 0 Å². The maximum atomic E-state index is 11.8. The number of hydrogen-bond acceptors (Lipinski definition) is 3. The van der Waals surface area contributed by atoms with E-state index in [0.717, 1.165) is 12.8 Å². The van der Waals surface area contributed by atoms with E-state index in [9.17, 15) is 9.59 Å². The second kappa shape index (κ2) is 7.24. The molecule has 0 radical (unpaired) electrons. The Balaban J connectivity index is 0.00000137. The minimum absolute atomic E-state index is 0.448. The molecule has 2 N–H and O–H groups in total. The number of nitrogens with zero attached hydrogens (tertiary/aromatic N) is 1. The van der Waals surface area contributed by atoms with Crippen molar-refractivity contribution < 1.29 is 14.3 Å². The van der Waals surface area contributed by atoms with Gasteiger partial charge in [0.25, 0.3) is 0 Å². The number of carbonyl (C=O) groups excluding carboxylic acids is 2. The lowest BCUT2D eigenvalue weighted by molar-refractivity contribution is -0.124. The third kappa shape index (κ3) is 5.38. The van der Waals surface area contributed by atoms with Gasteiger partial charge in [-0.05, 0) is 40.0 Å². The molecule has 2 amide bonds. The second-order valence-corrected chi connectivity index (χ2v) is 5.09. The minimum atomic E-state index is -0.545. The summed E-state index contributed by atoms with van der Waals surface area (Å²) in [6.45, 7) is 9.94. The molecule has 1 saturated heterocycles. The molecule has 0 saturated carbocycles. The molecule has 0 spiro atoms. The number of hydrogen-bond donors (Lipinski definition) is 1. The topological polar surface area (TPSA) is 72.6 Å². The zero-order valence-electron chi connectivity index (χ0n) is 12.2.